The number of ether oxygens (including phenoxy) is 1. The average Bonchev–Trinajstić information content (AvgIpc) is 2.53. The number of rotatable bonds is 1. The predicted molar refractivity (Wildman–Crippen MR) is 54.8 cm³/mol. The van der Waals surface area contributed by atoms with Crippen molar-refractivity contribution in [3.05, 3.63) is 28.8 Å². The summed E-state index contributed by atoms with van der Waals surface area (Å²) in [5.74, 6) is 1.11. The molecule has 0 N–H and O–H groups in total. The summed E-state index contributed by atoms with van der Waals surface area (Å²) in [6.07, 6.45) is 0. The Hall–Kier alpha value is 0.01000. The van der Waals surface area contributed by atoms with Gasteiger partial charge in [-0.1, -0.05) is 0 Å². The second kappa shape index (κ2) is 3.81. The maximum Gasteiger partial charge on any atom is 0.0626 e. The Labute approximate surface area is 81.1 Å². The highest BCUT2D eigenvalue weighted by Gasteiger charge is 2.18. The van der Waals surface area contributed by atoms with Crippen molar-refractivity contribution in [1.82, 2.24) is 0 Å². The number of hydrogen-bond acceptors (Lipinski definition) is 3. The fraction of sp³-hybridized carbons (Fsp3) is 0.444. The van der Waals surface area contributed by atoms with Gasteiger partial charge in [-0.05, 0) is 23.9 Å². The van der Waals surface area contributed by atoms with Crippen LogP contribution in [0.2, 0.25) is 0 Å². The second-order valence-electron chi connectivity index (χ2n) is 2.73. The van der Waals surface area contributed by atoms with Crippen LogP contribution >= 0.6 is 23.1 Å². The van der Waals surface area contributed by atoms with E-state index in [9.17, 15) is 0 Å². The van der Waals surface area contributed by atoms with E-state index in [4.69, 9.17) is 4.74 Å². The molecule has 3 heteroatoms. The lowest BCUT2D eigenvalue weighted by Crippen LogP contribution is -2.14. The lowest BCUT2D eigenvalue weighted by Gasteiger charge is -2.21. The van der Waals surface area contributed by atoms with Crippen LogP contribution in [0.4, 0.5) is 0 Å². The first-order valence-corrected chi connectivity index (χ1v) is 5.89. The second-order valence-corrected chi connectivity index (χ2v) is 5.04. The molecule has 1 aromatic heterocycles. The van der Waals surface area contributed by atoms with E-state index in [0.717, 1.165) is 19.0 Å². The molecule has 0 saturated carbocycles. The third-order valence-corrected chi connectivity index (χ3v) is 3.93. The van der Waals surface area contributed by atoms with Gasteiger partial charge >= 0.3 is 0 Å². The molecule has 1 nitrogen and oxygen atoms in total. The SMILES string of the molecule is [CH2]c1sccc1C1COCCS1. The molecule has 1 unspecified atom stereocenters. The van der Waals surface area contributed by atoms with Gasteiger partial charge in [0.05, 0.1) is 18.5 Å². The summed E-state index contributed by atoms with van der Waals surface area (Å²) < 4.78 is 5.42. The van der Waals surface area contributed by atoms with Crippen molar-refractivity contribution >= 4 is 23.1 Å². The van der Waals surface area contributed by atoms with Crippen molar-refractivity contribution in [1.29, 1.82) is 0 Å². The molecule has 0 amide bonds. The zero-order chi connectivity index (χ0) is 8.39. The van der Waals surface area contributed by atoms with Crippen molar-refractivity contribution in [2.24, 2.45) is 0 Å². The van der Waals surface area contributed by atoms with Crippen LogP contribution in [-0.2, 0) is 4.74 Å². The van der Waals surface area contributed by atoms with E-state index in [0.29, 0.717) is 5.25 Å². The van der Waals surface area contributed by atoms with Crippen molar-refractivity contribution in [2.45, 2.75) is 5.25 Å². The van der Waals surface area contributed by atoms with Crippen LogP contribution < -0.4 is 0 Å². The van der Waals surface area contributed by atoms with E-state index in [-0.39, 0.29) is 0 Å². The molecule has 2 rings (SSSR count). The van der Waals surface area contributed by atoms with Crippen LogP contribution in [0.5, 0.6) is 0 Å². The van der Waals surface area contributed by atoms with Gasteiger partial charge in [-0.2, -0.15) is 0 Å². The predicted octanol–water partition coefficient (Wildman–Crippen LogP) is 2.73. The number of thiophene rings is 1. The minimum atomic E-state index is 0.525. The van der Waals surface area contributed by atoms with Gasteiger partial charge in [0.15, 0.2) is 0 Å². The fourth-order valence-corrected chi connectivity index (χ4v) is 3.20. The maximum atomic E-state index is 5.42. The monoisotopic (exact) mass is 199 g/mol. The van der Waals surface area contributed by atoms with Gasteiger partial charge in [-0.25, -0.2) is 0 Å². The Kier molecular flexibility index (Phi) is 2.73. The average molecular weight is 199 g/mol. The molecule has 0 bridgehead atoms. The van der Waals surface area contributed by atoms with Crippen LogP contribution in [0, 0.1) is 6.92 Å². The van der Waals surface area contributed by atoms with E-state index in [1.165, 1.54) is 10.4 Å². The lowest BCUT2D eigenvalue weighted by molar-refractivity contribution is 0.143. The van der Waals surface area contributed by atoms with Crippen molar-refractivity contribution in [3.63, 3.8) is 0 Å². The Balaban J connectivity index is 2.13. The Morgan fingerprint density at radius 2 is 2.50 bits per heavy atom. The molecule has 1 atom stereocenters. The van der Waals surface area contributed by atoms with Gasteiger partial charge in [0.1, 0.15) is 0 Å². The molecule has 1 saturated heterocycles. The van der Waals surface area contributed by atoms with E-state index in [1.807, 2.05) is 11.8 Å². The first-order valence-electron chi connectivity index (χ1n) is 3.96. The van der Waals surface area contributed by atoms with E-state index >= 15 is 0 Å². The van der Waals surface area contributed by atoms with Crippen molar-refractivity contribution in [3.8, 4) is 0 Å². The lowest BCUT2D eigenvalue weighted by atomic mass is 10.2. The Morgan fingerprint density at radius 1 is 1.58 bits per heavy atom. The maximum absolute atomic E-state index is 5.42. The molecule has 0 aliphatic carbocycles. The minimum Gasteiger partial charge on any atom is -0.379 e. The van der Waals surface area contributed by atoms with Crippen LogP contribution in [0.25, 0.3) is 0 Å². The zero-order valence-corrected chi connectivity index (χ0v) is 8.42. The van der Waals surface area contributed by atoms with E-state index < -0.39 is 0 Å². The molecule has 65 valence electrons. The minimum absolute atomic E-state index is 0.525. The molecule has 1 aromatic rings. The topological polar surface area (TPSA) is 9.23 Å². The van der Waals surface area contributed by atoms with E-state index in [1.54, 1.807) is 11.3 Å². The quantitative estimate of drug-likeness (QED) is 0.688. The highest BCUT2D eigenvalue weighted by Crippen LogP contribution is 2.35. The third-order valence-electron chi connectivity index (χ3n) is 1.94. The fourth-order valence-electron chi connectivity index (χ4n) is 1.30. The smallest absolute Gasteiger partial charge is 0.0626 e. The largest absolute Gasteiger partial charge is 0.379 e. The third kappa shape index (κ3) is 1.68. The molecule has 2 heterocycles. The molecule has 0 aromatic carbocycles. The number of thioether (sulfide) groups is 1. The Bertz CT molecular complexity index is 251. The van der Waals surface area contributed by atoms with Crippen LogP contribution in [0.3, 0.4) is 0 Å². The highest BCUT2D eigenvalue weighted by molar-refractivity contribution is 7.99. The van der Waals surface area contributed by atoms with E-state index in [2.05, 4.69) is 18.4 Å². The highest BCUT2D eigenvalue weighted by atomic mass is 32.2. The summed E-state index contributed by atoms with van der Waals surface area (Å²) in [6, 6.07) is 2.17. The van der Waals surface area contributed by atoms with Gasteiger partial charge in [-0.3, -0.25) is 0 Å². The summed E-state index contributed by atoms with van der Waals surface area (Å²) in [6.45, 7) is 5.76. The van der Waals surface area contributed by atoms with Crippen molar-refractivity contribution in [2.75, 3.05) is 19.0 Å². The first-order chi connectivity index (χ1) is 5.88. The summed E-state index contributed by atoms with van der Waals surface area (Å²) in [5.41, 5.74) is 1.37. The van der Waals surface area contributed by atoms with Gasteiger partial charge < -0.3 is 4.74 Å². The molecule has 1 aliphatic rings. The summed E-state index contributed by atoms with van der Waals surface area (Å²) in [7, 11) is 0. The molecular formula is C9H11OS2. The van der Waals surface area contributed by atoms with Crippen LogP contribution in [0.15, 0.2) is 11.4 Å². The number of hydrogen-bond donors (Lipinski definition) is 0. The summed E-state index contributed by atoms with van der Waals surface area (Å²) >= 11 is 3.69. The van der Waals surface area contributed by atoms with Gasteiger partial charge in [0.25, 0.3) is 0 Å². The standard InChI is InChI=1S/C9H11OS2/c1-7-8(2-4-11-7)9-6-10-3-5-12-9/h2,4,9H,1,3,5-6H2. The molecule has 1 fully saturated rings. The summed E-state index contributed by atoms with van der Waals surface area (Å²) in [5, 5.41) is 2.63. The Morgan fingerprint density at radius 3 is 3.08 bits per heavy atom. The molecule has 1 radical (unpaired) electrons. The van der Waals surface area contributed by atoms with Gasteiger partial charge in [0.2, 0.25) is 0 Å². The molecule has 1 aliphatic heterocycles. The first kappa shape index (κ1) is 8.60. The molecular weight excluding hydrogens is 188 g/mol. The van der Waals surface area contributed by atoms with Crippen LogP contribution in [0.1, 0.15) is 15.7 Å². The molecule has 12 heavy (non-hydrogen) atoms. The normalized spacial score (nSPS) is 24.2. The van der Waals surface area contributed by atoms with Gasteiger partial charge in [-0.15, -0.1) is 23.1 Å². The van der Waals surface area contributed by atoms with Crippen molar-refractivity contribution < 1.29 is 4.74 Å². The molecule has 0 spiro atoms. The van der Waals surface area contributed by atoms with Crippen LogP contribution in [-0.4, -0.2) is 19.0 Å². The zero-order valence-electron chi connectivity index (χ0n) is 6.79. The van der Waals surface area contributed by atoms with Gasteiger partial charge in [0, 0.05) is 10.6 Å². The summed E-state index contributed by atoms with van der Waals surface area (Å²) in [4.78, 5) is 1.19.